The highest BCUT2D eigenvalue weighted by Gasteiger charge is 2.31. The van der Waals surface area contributed by atoms with E-state index in [1.165, 1.54) is 11.8 Å². The molecule has 0 aromatic carbocycles. The maximum atomic E-state index is 13.2. The maximum absolute atomic E-state index is 13.2. The summed E-state index contributed by atoms with van der Waals surface area (Å²) in [5, 5.41) is 17.4. The Morgan fingerprint density at radius 3 is 2.00 bits per heavy atom. The monoisotopic (exact) mass is 531 g/mol. The van der Waals surface area contributed by atoms with Crippen molar-refractivity contribution in [2.24, 2.45) is 34.0 Å². The molecule has 208 valence electrons. The maximum Gasteiger partial charge on any atom is 0.326 e. The summed E-state index contributed by atoms with van der Waals surface area (Å²) >= 11 is 1.49. The standard InChI is InChI=1S/C23H45N7O5S/c1-6-14(4)18(22(34)35)30-21(33)17(9-11-36-5)29-20(32)16(8-7-10-27-23(25)26)28-19(31)15(24)12-13(2)3/h13-18H,6-12,24H2,1-5H3,(H,28,31)(H,29,32)(H,30,33)(H,34,35)(H4,25,26,27). The number of carboxylic acid groups (broad SMARTS) is 1. The van der Waals surface area contributed by atoms with Gasteiger partial charge in [-0.05, 0) is 49.5 Å². The summed E-state index contributed by atoms with van der Waals surface area (Å²) in [6.07, 6.45) is 3.75. The Bertz CT molecular complexity index is 746. The molecule has 0 bridgehead atoms. The van der Waals surface area contributed by atoms with Gasteiger partial charge < -0.3 is 38.3 Å². The molecule has 0 rings (SSSR count). The summed E-state index contributed by atoms with van der Waals surface area (Å²) in [5.74, 6) is -2.41. The predicted octanol–water partition coefficient (Wildman–Crippen LogP) is -0.248. The molecule has 0 saturated carbocycles. The largest absolute Gasteiger partial charge is 0.480 e. The van der Waals surface area contributed by atoms with E-state index in [-0.39, 0.29) is 37.2 Å². The van der Waals surface area contributed by atoms with Crippen LogP contribution in [0, 0.1) is 11.8 Å². The SMILES string of the molecule is CCC(C)C(NC(=O)C(CCSC)NC(=O)C(CCCN=C(N)N)NC(=O)C(N)CC(C)C)C(=O)O. The molecule has 0 aliphatic rings. The molecule has 13 heteroatoms. The van der Waals surface area contributed by atoms with Crippen LogP contribution in [-0.4, -0.2) is 77.5 Å². The Morgan fingerprint density at radius 1 is 0.944 bits per heavy atom. The number of nitrogens with two attached hydrogens (primary N) is 3. The van der Waals surface area contributed by atoms with Crippen LogP contribution in [0.15, 0.2) is 4.99 Å². The minimum absolute atomic E-state index is 0.0814. The van der Waals surface area contributed by atoms with Gasteiger partial charge in [0.15, 0.2) is 5.96 Å². The molecule has 0 radical (unpaired) electrons. The Balaban J connectivity index is 5.61. The van der Waals surface area contributed by atoms with Crippen LogP contribution < -0.4 is 33.2 Å². The summed E-state index contributed by atoms with van der Waals surface area (Å²) < 4.78 is 0. The average molecular weight is 532 g/mol. The highest BCUT2D eigenvalue weighted by atomic mass is 32.2. The average Bonchev–Trinajstić information content (AvgIpc) is 2.80. The van der Waals surface area contributed by atoms with Crippen molar-refractivity contribution >= 4 is 41.4 Å². The van der Waals surface area contributed by atoms with Gasteiger partial charge in [0.1, 0.15) is 18.1 Å². The minimum Gasteiger partial charge on any atom is -0.480 e. The van der Waals surface area contributed by atoms with E-state index in [9.17, 15) is 24.3 Å². The van der Waals surface area contributed by atoms with Gasteiger partial charge >= 0.3 is 5.97 Å². The molecule has 5 atom stereocenters. The Kier molecular flexibility index (Phi) is 16.6. The van der Waals surface area contributed by atoms with Crippen molar-refractivity contribution in [1.29, 1.82) is 0 Å². The van der Waals surface area contributed by atoms with Gasteiger partial charge in [-0.25, -0.2) is 4.79 Å². The summed E-state index contributed by atoms with van der Waals surface area (Å²) in [6, 6.07) is -3.82. The zero-order valence-corrected chi connectivity index (χ0v) is 22.9. The number of carbonyl (C=O) groups excluding carboxylic acids is 3. The highest BCUT2D eigenvalue weighted by Crippen LogP contribution is 2.10. The third kappa shape index (κ3) is 13.5. The van der Waals surface area contributed by atoms with Crippen molar-refractivity contribution in [1.82, 2.24) is 16.0 Å². The number of nitrogens with zero attached hydrogens (tertiary/aromatic N) is 1. The van der Waals surface area contributed by atoms with E-state index in [0.29, 0.717) is 25.0 Å². The Hall–Kier alpha value is -2.54. The number of aliphatic imine (C=N–C) groups is 1. The molecule has 12 nitrogen and oxygen atoms in total. The second kappa shape index (κ2) is 17.8. The van der Waals surface area contributed by atoms with Crippen LogP contribution in [0.25, 0.3) is 0 Å². The third-order valence-electron chi connectivity index (χ3n) is 5.66. The van der Waals surface area contributed by atoms with E-state index in [1.54, 1.807) is 6.92 Å². The van der Waals surface area contributed by atoms with E-state index >= 15 is 0 Å². The topological polar surface area (TPSA) is 215 Å². The van der Waals surface area contributed by atoms with Crippen LogP contribution in [0.3, 0.4) is 0 Å². The molecule has 10 N–H and O–H groups in total. The Labute approximate surface area is 218 Å². The van der Waals surface area contributed by atoms with Gasteiger partial charge in [-0.3, -0.25) is 19.4 Å². The first-order valence-corrected chi connectivity index (χ1v) is 13.7. The smallest absolute Gasteiger partial charge is 0.326 e. The molecule has 0 fully saturated rings. The predicted molar refractivity (Wildman–Crippen MR) is 143 cm³/mol. The number of carboxylic acids is 1. The van der Waals surface area contributed by atoms with E-state index in [4.69, 9.17) is 17.2 Å². The van der Waals surface area contributed by atoms with Gasteiger partial charge in [0.05, 0.1) is 6.04 Å². The lowest BCUT2D eigenvalue weighted by molar-refractivity contribution is -0.143. The lowest BCUT2D eigenvalue weighted by Gasteiger charge is -2.26. The molecule has 0 heterocycles. The fourth-order valence-electron chi connectivity index (χ4n) is 3.38. The van der Waals surface area contributed by atoms with Crippen molar-refractivity contribution in [2.45, 2.75) is 84.0 Å². The van der Waals surface area contributed by atoms with Gasteiger partial charge in [-0.2, -0.15) is 11.8 Å². The Morgan fingerprint density at radius 2 is 1.50 bits per heavy atom. The molecule has 0 aromatic heterocycles. The summed E-state index contributed by atoms with van der Waals surface area (Å²) in [5.41, 5.74) is 16.7. The molecule has 3 amide bonds. The third-order valence-corrected chi connectivity index (χ3v) is 6.30. The molecule has 0 aliphatic heterocycles. The first-order valence-electron chi connectivity index (χ1n) is 12.3. The van der Waals surface area contributed by atoms with Crippen LogP contribution in [0.4, 0.5) is 0 Å². The van der Waals surface area contributed by atoms with E-state index in [0.717, 1.165) is 0 Å². The first kappa shape index (κ1) is 33.5. The van der Waals surface area contributed by atoms with Crippen LogP contribution in [0.1, 0.15) is 59.8 Å². The normalized spacial score (nSPS) is 15.2. The number of nitrogens with one attached hydrogen (secondary N) is 3. The number of rotatable bonds is 18. The molecular formula is C23H45N7O5S. The van der Waals surface area contributed by atoms with E-state index in [1.807, 2.05) is 27.0 Å². The van der Waals surface area contributed by atoms with E-state index in [2.05, 4.69) is 20.9 Å². The van der Waals surface area contributed by atoms with Gasteiger partial charge in [-0.1, -0.05) is 34.1 Å². The zero-order chi connectivity index (χ0) is 27.8. The fourth-order valence-corrected chi connectivity index (χ4v) is 3.85. The molecule has 0 aromatic rings. The minimum atomic E-state index is -1.14. The lowest BCUT2D eigenvalue weighted by Crippen LogP contribution is -2.57. The number of amides is 3. The van der Waals surface area contributed by atoms with Gasteiger partial charge in [-0.15, -0.1) is 0 Å². The quantitative estimate of drug-likeness (QED) is 0.0704. The summed E-state index contributed by atoms with van der Waals surface area (Å²) in [6.45, 7) is 7.69. The van der Waals surface area contributed by atoms with Crippen molar-refractivity contribution in [3.63, 3.8) is 0 Å². The van der Waals surface area contributed by atoms with Crippen LogP contribution in [0.2, 0.25) is 0 Å². The number of carbonyl (C=O) groups is 4. The number of guanidine groups is 1. The number of hydrogen-bond donors (Lipinski definition) is 7. The van der Waals surface area contributed by atoms with Gasteiger partial charge in [0.2, 0.25) is 17.7 Å². The number of aliphatic carboxylic acids is 1. The highest BCUT2D eigenvalue weighted by molar-refractivity contribution is 7.98. The van der Waals surface area contributed by atoms with Crippen molar-refractivity contribution in [2.75, 3.05) is 18.6 Å². The molecule has 36 heavy (non-hydrogen) atoms. The molecule has 0 saturated heterocycles. The zero-order valence-electron chi connectivity index (χ0n) is 22.1. The van der Waals surface area contributed by atoms with Crippen molar-refractivity contribution in [3.8, 4) is 0 Å². The van der Waals surface area contributed by atoms with Crippen LogP contribution in [-0.2, 0) is 19.2 Å². The number of hydrogen-bond acceptors (Lipinski definition) is 7. The fraction of sp³-hybridized carbons (Fsp3) is 0.783. The number of thioether (sulfide) groups is 1. The molecular weight excluding hydrogens is 486 g/mol. The second-order valence-corrected chi connectivity index (χ2v) is 10.3. The second-order valence-electron chi connectivity index (χ2n) is 9.30. The van der Waals surface area contributed by atoms with E-state index < -0.39 is 47.9 Å². The molecule has 0 aliphatic carbocycles. The van der Waals surface area contributed by atoms with Crippen molar-refractivity contribution < 1.29 is 24.3 Å². The lowest BCUT2D eigenvalue weighted by atomic mass is 9.98. The van der Waals surface area contributed by atoms with Crippen LogP contribution >= 0.6 is 11.8 Å². The van der Waals surface area contributed by atoms with Gasteiger partial charge in [0.25, 0.3) is 0 Å². The summed E-state index contributed by atoms with van der Waals surface area (Å²) in [7, 11) is 0. The molecule has 0 spiro atoms. The summed E-state index contributed by atoms with van der Waals surface area (Å²) in [4.78, 5) is 54.3. The van der Waals surface area contributed by atoms with Crippen molar-refractivity contribution in [3.05, 3.63) is 0 Å². The first-order chi connectivity index (χ1) is 16.8. The molecule has 5 unspecified atom stereocenters. The van der Waals surface area contributed by atoms with Gasteiger partial charge in [0, 0.05) is 6.54 Å². The van der Waals surface area contributed by atoms with Crippen LogP contribution in [0.5, 0.6) is 0 Å².